The number of nitrogens with one attached hydrogen (secondary N) is 2. The van der Waals surface area contributed by atoms with Crippen LogP contribution in [0, 0.1) is 0 Å². The predicted octanol–water partition coefficient (Wildman–Crippen LogP) is 2.99. The van der Waals surface area contributed by atoms with Gasteiger partial charge in [-0.3, -0.25) is 4.79 Å². The smallest absolute Gasteiger partial charge is 0.259 e. The van der Waals surface area contributed by atoms with E-state index in [-0.39, 0.29) is 10.8 Å². The molecule has 3 aromatic rings. The number of hydrogen-bond acceptors (Lipinski definition) is 5. The first kappa shape index (κ1) is 18.1. The lowest BCUT2D eigenvalue weighted by Crippen LogP contribution is -2.23. The van der Waals surface area contributed by atoms with Gasteiger partial charge in [0.25, 0.3) is 5.91 Å². The van der Waals surface area contributed by atoms with Crippen LogP contribution in [0.3, 0.4) is 0 Å². The number of rotatable bonds is 5. The second kappa shape index (κ2) is 6.72. The molecule has 1 aliphatic rings. The summed E-state index contributed by atoms with van der Waals surface area (Å²) in [5.74, 6) is -0.272. The van der Waals surface area contributed by atoms with Gasteiger partial charge >= 0.3 is 0 Å². The fourth-order valence-electron chi connectivity index (χ4n) is 2.77. The van der Waals surface area contributed by atoms with Crippen LogP contribution >= 0.6 is 0 Å². The summed E-state index contributed by atoms with van der Waals surface area (Å²) >= 11 is 0. The van der Waals surface area contributed by atoms with Gasteiger partial charge in [-0.25, -0.2) is 18.4 Å². The van der Waals surface area contributed by atoms with Gasteiger partial charge in [0.05, 0.1) is 27.6 Å². The Morgan fingerprint density at radius 2 is 1.89 bits per heavy atom. The number of nitrogens with zero attached hydrogens (tertiary/aromatic N) is 2. The number of fused-ring (bicyclic) bond motifs is 1. The SMILES string of the molecule is CC(C)S(=O)(=O)c1ccc(-c2cnc3[nH]cc(C(=O)NC4=CC=C4)c3n2)cc1. The second-order valence-electron chi connectivity index (χ2n) is 6.71. The minimum Gasteiger partial charge on any atom is -0.344 e. The molecule has 0 saturated heterocycles. The van der Waals surface area contributed by atoms with E-state index in [1.54, 1.807) is 62.7 Å². The first-order valence-corrected chi connectivity index (χ1v) is 10.3. The summed E-state index contributed by atoms with van der Waals surface area (Å²) in [6.07, 6.45) is 8.60. The monoisotopic (exact) mass is 394 g/mol. The van der Waals surface area contributed by atoms with E-state index < -0.39 is 15.1 Å². The molecule has 1 aliphatic carbocycles. The fraction of sp³-hybridized carbons (Fsp3) is 0.150. The zero-order chi connectivity index (χ0) is 19.9. The summed E-state index contributed by atoms with van der Waals surface area (Å²) < 4.78 is 24.5. The third-order valence-corrected chi connectivity index (χ3v) is 6.70. The molecular formula is C20H18N4O3S. The van der Waals surface area contributed by atoms with E-state index in [0.29, 0.717) is 28.0 Å². The number of sulfone groups is 1. The molecule has 0 aliphatic heterocycles. The second-order valence-corrected chi connectivity index (χ2v) is 9.21. The number of allylic oxidation sites excluding steroid dienone is 3. The van der Waals surface area contributed by atoms with Crippen molar-refractivity contribution >= 4 is 26.9 Å². The molecule has 0 unspecified atom stereocenters. The molecule has 0 atom stereocenters. The molecule has 0 spiro atoms. The number of aromatic nitrogens is 3. The molecule has 7 nitrogen and oxygen atoms in total. The van der Waals surface area contributed by atoms with Gasteiger partial charge in [0, 0.05) is 17.5 Å². The van der Waals surface area contributed by atoms with Gasteiger partial charge in [0.15, 0.2) is 15.5 Å². The Balaban J connectivity index is 1.68. The van der Waals surface area contributed by atoms with E-state index in [4.69, 9.17) is 0 Å². The molecule has 4 rings (SSSR count). The highest BCUT2D eigenvalue weighted by molar-refractivity contribution is 7.92. The number of H-pyrrole nitrogens is 1. The van der Waals surface area contributed by atoms with Crippen LogP contribution < -0.4 is 5.32 Å². The normalized spacial score (nSPS) is 13.5. The molecule has 1 amide bonds. The molecular weight excluding hydrogens is 376 g/mol. The fourth-order valence-corrected chi connectivity index (χ4v) is 3.83. The van der Waals surface area contributed by atoms with Crippen molar-refractivity contribution in [1.82, 2.24) is 20.3 Å². The molecule has 2 aromatic heterocycles. The number of carbonyl (C=O) groups excluding carboxylic acids is 1. The summed E-state index contributed by atoms with van der Waals surface area (Å²) in [5.41, 5.74) is 3.37. The summed E-state index contributed by atoms with van der Waals surface area (Å²) in [7, 11) is -3.33. The van der Waals surface area contributed by atoms with Crippen LogP contribution in [0.1, 0.15) is 24.2 Å². The summed E-state index contributed by atoms with van der Waals surface area (Å²) in [5, 5.41) is 2.30. The van der Waals surface area contributed by atoms with Gasteiger partial charge < -0.3 is 10.3 Å². The highest BCUT2D eigenvalue weighted by Gasteiger charge is 2.20. The van der Waals surface area contributed by atoms with Crippen molar-refractivity contribution in [2.45, 2.75) is 24.0 Å². The van der Waals surface area contributed by atoms with Crippen molar-refractivity contribution in [2.24, 2.45) is 0 Å². The Morgan fingerprint density at radius 3 is 2.50 bits per heavy atom. The van der Waals surface area contributed by atoms with Crippen molar-refractivity contribution in [3.63, 3.8) is 0 Å². The maximum atomic E-state index is 12.4. The molecule has 0 fully saturated rings. The van der Waals surface area contributed by atoms with Gasteiger partial charge in [-0.15, -0.1) is 0 Å². The molecule has 142 valence electrons. The Hall–Kier alpha value is -3.26. The Kier molecular flexibility index (Phi) is 4.35. The standard InChI is InChI=1S/C20H18N4O3S/c1-12(2)28(26,27)15-8-6-13(7-9-15)17-11-22-19-18(24-17)16(10-21-19)20(25)23-14-4-3-5-14/h3-12H,1-2H3,(H,21,22)(H,23,25). The van der Waals surface area contributed by atoms with Crippen molar-refractivity contribution in [3.05, 3.63) is 66.1 Å². The summed E-state index contributed by atoms with van der Waals surface area (Å²) in [4.78, 5) is 24.6. The van der Waals surface area contributed by atoms with E-state index in [9.17, 15) is 13.2 Å². The Labute approximate surface area is 162 Å². The molecule has 1 aromatic carbocycles. The number of amides is 1. The minimum atomic E-state index is -3.33. The first-order chi connectivity index (χ1) is 13.4. The van der Waals surface area contributed by atoms with Gasteiger partial charge in [-0.2, -0.15) is 0 Å². The third-order valence-electron chi connectivity index (χ3n) is 4.53. The average Bonchev–Trinajstić information content (AvgIpc) is 3.07. The lowest BCUT2D eigenvalue weighted by molar-refractivity contribution is 0.0968. The van der Waals surface area contributed by atoms with Crippen molar-refractivity contribution in [1.29, 1.82) is 0 Å². The lowest BCUT2D eigenvalue weighted by Gasteiger charge is -2.09. The van der Waals surface area contributed by atoms with Crippen LogP contribution in [-0.4, -0.2) is 34.5 Å². The molecule has 2 heterocycles. The maximum absolute atomic E-state index is 12.4. The van der Waals surface area contributed by atoms with E-state index >= 15 is 0 Å². The van der Waals surface area contributed by atoms with Gasteiger partial charge in [0.2, 0.25) is 0 Å². The van der Waals surface area contributed by atoms with Crippen molar-refractivity contribution in [2.75, 3.05) is 0 Å². The Morgan fingerprint density at radius 1 is 1.18 bits per heavy atom. The number of aromatic amines is 1. The van der Waals surface area contributed by atoms with E-state index in [2.05, 4.69) is 20.3 Å². The lowest BCUT2D eigenvalue weighted by atomic mass is 10.1. The van der Waals surface area contributed by atoms with E-state index in [0.717, 1.165) is 5.70 Å². The highest BCUT2D eigenvalue weighted by Crippen LogP contribution is 2.24. The van der Waals surface area contributed by atoms with E-state index in [1.807, 2.05) is 6.08 Å². The topological polar surface area (TPSA) is 105 Å². The molecule has 8 heteroatoms. The predicted molar refractivity (Wildman–Crippen MR) is 106 cm³/mol. The van der Waals surface area contributed by atoms with Gasteiger partial charge in [-0.05, 0) is 38.1 Å². The number of hydrogen-bond donors (Lipinski definition) is 2. The average molecular weight is 394 g/mol. The molecule has 0 saturated carbocycles. The third kappa shape index (κ3) is 3.11. The van der Waals surface area contributed by atoms with Crippen molar-refractivity contribution in [3.8, 4) is 11.3 Å². The van der Waals surface area contributed by atoms with Crippen LogP contribution in [0.25, 0.3) is 22.4 Å². The van der Waals surface area contributed by atoms with E-state index in [1.165, 1.54) is 0 Å². The zero-order valence-corrected chi connectivity index (χ0v) is 16.1. The van der Waals surface area contributed by atoms with Crippen LogP contribution in [0.4, 0.5) is 0 Å². The summed E-state index contributed by atoms with van der Waals surface area (Å²) in [6.45, 7) is 3.30. The van der Waals surface area contributed by atoms with Crippen LogP contribution in [-0.2, 0) is 9.84 Å². The quantitative estimate of drug-likeness (QED) is 0.692. The summed E-state index contributed by atoms with van der Waals surface area (Å²) in [6, 6.07) is 6.52. The molecule has 0 bridgehead atoms. The zero-order valence-electron chi connectivity index (χ0n) is 15.3. The maximum Gasteiger partial charge on any atom is 0.259 e. The minimum absolute atomic E-state index is 0.267. The highest BCUT2D eigenvalue weighted by atomic mass is 32.2. The molecule has 28 heavy (non-hydrogen) atoms. The molecule has 0 radical (unpaired) electrons. The van der Waals surface area contributed by atoms with Crippen LogP contribution in [0.2, 0.25) is 0 Å². The number of carbonyl (C=O) groups is 1. The first-order valence-electron chi connectivity index (χ1n) is 8.74. The Bertz CT molecular complexity index is 1240. The largest absolute Gasteiger partial charge is 0.344 e. The van der Waals surface area contributed by atoms with Crippen molar-refractivity contribution < 1.29 is 13.2 Å². The number of benzene rings is 1. The van der Waals surface area contributed by atoms with Crippen LogP contribution in [0.5, 0.6) is 0 Å². The van der Waals surface area contributed by atoms with Gasteiger partial charge in [0.1, 0.15) is 5.52 Å². The van der Waals surface area contributed by atoms with Crippen LogP contribution in [0.15, 0.2) is 65.5 Å². The molecule has 2 N–H and O–H groups in total. The van der Waals surface area contributed by atoms with Gasteiger partial charge in [-0.1, -0.05) is 18.2 Å².